The number of benzene rings is 2. The number of aromatic hydroxyl groups is 1. The van der Waals surface area contributed by atoms with Crippen LogP contribution in [0, 0.1) is 0 Å². The Bertz CT molecular complexity index is 969. The van der Waals surface area contributed by atoms with Gasteiger partial charge in [0.25, 0.3) is 5.89 Å². The molecule has 0 aliphatic heterocycles. The number of hydrogen-bond donors (Lipinski definition) is 1. The van der Waals surface area contributed by atoms with Crippen molar-refractivity contribution < 1.29 is 28.6 Å². The molecule has 2 aromatic carbocycles. The number of nitrogens with zero attached hydrogens (tertiary/aromatic N) is 2. The van der Waals surface area contributed by atoms with Crippen LogP contribution in [-0.2, 0) is 22.6 Å². The molecule has 3 rings (SSSR count). The number of hydrogen-bond acceptors (Lipinski definition) is 8. The number of ether oxygens (including phenoxy) is 3. The first-order valence-electron chi connectivity index (χ1n) is 9.17. The molecule has 0 fully saturated rings. The van der Waals surface area contributed by atoms with E-state index in [0.717, 1.165) is 5.56 Å². The molecule has 0 atom stereocenters. The van der Waals surface area contributed by atoms with Gasteiger partial charge in [0, 0.05) is 6.42 Å². The Labute approximate surface area is 168 Å². The van der Waals surface area contributed by atoms with Crippen LogP contribution in [0.2, 0.25) is 0 Å². The molecule has 1 N–H and O–H groups in total. The molecule has 8 heteroatoms. The average Bonchev–Trinajstić information content (AvgIpc) is 3.20. The van der Waals surface area contributed by atoms with Gasteiger partial charge in [-0.2, -0.15) is 4.98 Å². The van der Waals surface area contributed by atoms with E-state index in [2.05, 4.69) is 10.1 Å². The molecule has 8 nitrogen and oxygen atoms in total. The minimum absolute atomic E-state index is 0.0316. The maximum Gasteiger partial charge on any atom is 0.306 e. The summed E-state index contributed by atoms with van der Waals surface area (Å²) in [6.07, 6.45) is 0.577. The van der Waals surface area contributed by atoms with E-state index in [0.29, 0.717) is 35.9 Å². The van der Waals surface area contributed by atoms with Crippen LogP contribution in [0.15, 0.2) is 47.0 Å². The highest BCUT2D eigenvalue weighted by molar-refractivity contribution is 5.69. The molecule has 0 bridgehead atoms. The molecule has 1 aromatic heterocycles. The minimum Gasteiger partial charge on any atom is -0.504 e. The first kappa shape index (κ1) is 20.2. The van der Waals surface area contributed by atoms with Gasteiger partial charge in [0.2, 0.25) is 5.82 Å². The number of para-hydroxylation sites is 1. The first-order chi connectivity index (χ1) is 14.1. The monoisotopic (exact) mass is 398 g/mol. The predicted molar refractivity (Wildman–Crippen MR) is 104 cm³/mol. The molecule has 0 saturated carbocycles. The average molecular weight is 398 g/mol. The Morgan fingerprint density at radius 3 is 2.76 bits per heavy atom. The minimum atomic E-state index is -0.408. The van der Waals surface area contributed by atoms with Gasteiger partial charge in [-0.1, -0.05) is 23.4 Å². The molecular weight excluding hydrogens is 376 g/mol. The predicted octanol–water partition coefficient (Wildman–Crippen LogP) is 3.53. The number of carbonyl (C=O) groups is 1. The van der Waals surface area contributed by atoms with E-state index in [1.807, 2.05) is 31.2 Å². The van der Waals surface area contributed by atoms with E-state index < -0.39 is 5.97 Å². The second-order valence-corrected chi connectivity index (χ2v) is 6.11. The fourth-order valence-corrected chi connectivity index (χ4v) is 2.71. The van der Waals surface area contributed by atoms with Crippen LogP contribution in [0.5, 0.6) is 17.2 Å². The summed E-state index contributed by atoms with van der Waals surface area (Å²) in [4.78, 5) is 16.3. The van der Waals surface area contributed by atoms with Crippen molar-refractivity contribution in [3.8, 4) is 28.6 Å². The normalized spacial score (nSPS) is 10.6. The third-order valence-electron chi connectivity index (χ3n) is 4.11. The van der Waals surface area contributed by atoms with Crippen LogP contribution in [-0.4, -0.2) is 34.9 Å². The zero-order valence-corrected chi connectivity index (χ0v) is 16.3. The van der Waals surface area contributed by atoms with Crippen molar-refractivity contribution >= 4 is 5.97 Å². The molecular formula is C21H22N2O6. The molecule has 1 heterocycles. The largest absolute Gasteiger partial charge is 0.504 e. The topological polar surface area (TPSA) is 104 Å². The molecule has 0 unspecified atom stereocenters. The zero-order valence-electron chi connectivity index (χ0n) is 16.3. The number of esters is 1. The van der Waals surface area contributed by atoms with Crippen molar-refractivity contribution in [2.45, 2.75) is 26.4 Å². The highest BCUT2D eigenvalue weighted by Crippen LogP contribution is 2.28. The SMILES string of the molecule is CCOc1ccccc1-c1noc(COC(=O)CCc2ccc(OC)c(O)c2)n1. The lowest BCUT2D eigenvalue weighted by molar-refractivity contribution is -0.145. The van der Waals surface area contributed by atoms with E-state index in [4.69, 9.17) is 18.7 Å². The lowest BCUT2D eigenvalue weighted by Crippen LogP contribution is -2.06. The Morgan fingerprint density at radius 2 is 2.00 bits per heavy atom. The van der Waals surface area contributed by atoms with Crippen molar-refractivity contribution in [2.75, 3.05) is 13.7 Å². The number of aromatic nitrogens is 2. The zero-order chi connectivity index (χ0) is 20.6. The summed E-state index contributed by atoms with van der Waals surface area (Å²) >= 11 is 0. The number of rotatable bonds is 9. The van der Waals surface area contributed by atoms with Gasteiger partial charge in [-0.05, 0) is 43.2 Å². The molecule has 0 aliphatic carbocycles. The van der Waals surface area contributed by atoms with Gasteiger partial charge in [-0.15, -0.1) is 0 Å². The lowest BCUT2D eigenvalue weighted by atomic mass is 10.1. The van der Waals surface area contributed by atoms with Crippen molar-refractivity contribution in [1.29, 1.82) is 0 Å². The van der Waals surface area contributed by atoms with Gasteiger partial charge in [-0.3, -0.25) is 4.79 Å². The standard InChI is InChI=1S/C21H22N2O6/c1-3-27-17-7-5-4-6-15(17)21-22-19(29-23-21)13-28-20(25)11-9-14-8-10-18(26-2)16(24)12-14/h4-8,10,12,24H,3,9,11,13H2,1-2H3. The van der Waals surface area contributed by atoms with Crippen molar-refractivity contribution in [1.82, 2.24) is 10.1 Å². The van der Waals surface area contributed by atoms with E-state index in [9.17, 15) is 9.90 Å². The van der Waals surface area contributed by atoms with Crippen LogP contribution in [0.25, 0.3) is 11.4 Å². The van der Waals surface area contributed by atoms with Gasteiger partial charge in [-0.25, -0.2) is 0 Å². The maximum absolute atomic E-state index is 12.0. The molecule has 3 aromatic rings. The Kier molecular flexibility index (Phi) is 6.67. The van der Waals surface area contributed by atoms with Gasteiger partial charge in [0.15, 0.2) is 18.1 Å². The Hall–Kier alpha value is -3.55. The van der Waals surface area contributed by atoms with Gasteiger partial charge >= 0.3 is 5.97 Å². The number of phenols is 1. The maximum atomic E-state index is 12.0. The number of carbonyl (C=O) groups excluding carboxylic acids is 1. The van der Waals surface area contributed by atoms with Crippen LogP contribution in [0.3, 0.4) is 0 Å². The summed E-state index contributed by atoms with van der Waals surface area (Å²) in [5, 5.41) is 13.7. The summed E-state index contributed by atoms with van der Waals surface area (Å²) in [6, 6.07) is 12.4. The van der Waals surface area contributed by atoms with Gasteiger partial charge < -0.3 is 23.8 Å². The lowest BCUT2D eigenvalue weighted by Gasteiger charge is -2.06. The summed E-state index contributed by atoms with van der Waals surface area (Å²) in [5.74, 6) is 1.23. The number of phenolic OH excluding ortho intramolecular Hbond substituents is 1. The molecule has 29 heavy (non-hydrogen) atoms. The molecule has 0 amide bonds. The third kappa shape index (κ3) is 5.25. The van der Waals surface area contributed by atoms with Crippen molar-refractivity contribution in [2.24, 2.45) is 0 Å². The van der Waals surface area contributed by atoms with Crippen LogP contribution >= 0.6 is 0 Å². The van der Waals surface area contributed by atoms with Crippen LogP contribution < -0.4 is 9.47 Å². The number of methoxy groups -OCH3 is 1. The van der Waals surface area contributed by atoms with Crippen LogP contribution in [0.4, 0.5) is 0 Å². The highest BCUT2D eigenvalue weighted by Gasteiger charge is 2.14. The third-order valence-corrected chi connectivity index (χ3v) is 4.11. The van der Waals surface area contributed by atoms with E-state index in [1.165, 1.54) is 7.11 Å². The first-order valence-corrected chi connectivity index (χ1v) is 9.17. The Balaban J connectivity index is 1.53. The molecule has 0 saturated heterocycles. The van der Waals surface area contributed by atoms with Crippen molar-refractivity contribution in [3.05, 3.63) is 53.9 Å². The summed E-state index contributed by atoms with van der Waals surface area (Å²) in [7, 11) is 1.48. The van der Waals surface area contributed by atoms with E-state index >= 15 is 0 Å². The van der Waals surface area contributed by atoms with Gasteiger partial charge in [0.1, 0.15) is 5.75 Å². The summed E-state index contributed by atoms with van der Waals surface area (Å²) < 4.78 is 20.9. The number of aryl methyl sites for hydroxylation is 1. The smallest absolute Gasteiger partial charge is 0.306 e. The molecule has 0 radical (unpaired) electrons. The summed E-state index contributed by atoms with van der Waals surface area (Å²) in [6.45, 7) is 2.30. The quantitative estimate of drug-likeness (QED) is 0.546. The van der Waals surface area contributed by atoms with Crippen LogP contribution in [0.1, 0.15) is 24.8 Å². The fourth-order valence-electron chi connectivity index (χ4n) is 2.71. The molecule has 0 spiro atoms. The molecule has 0 aliphatic rings. The van der Waals surface area contributed by atoms with Gasteiger partial charge in [0.05, 0.1) is 19.3 Å². The Morgan fingerprint density at radius 1 is 1.17 bits per heavy atom. The molecule has 152 valence electrons. The fraction of sp³-hybridized carbons (Fsp3) is 0.286. The summed E-state index contributed by atoms with van der Waals surface area (Å²) in [5.41, 5.74) is 1.50. The van der Waals surface area contributed by atoms with Crippen molar-refractivity contribution in [3.63, 3.8) is 0 Å². The van der Waals surface area contributed by atoms with E-state index in [-0.39, 0.29) is 24.7 Å². The second kappa shape index (κ2) is 9.59. The highest BCUT2D eigenvalue weighted by atomic mass is 16.6. The second-order valence-electron chi connectivity index (χ2n) is 6.11. The van der Waals surface area contributed by atoms with E-state index in [1.54, 1.807) is 18.2 Å².